The van der Waals surface area contributed by atoms with Gasteiger partial charge in [0.1, 0.15) is 18.0 Å². The fourth-order valence-electron chi connectivity index (χ4n) is 3.72. The van der Waals surface area contributed by atoms with Crippen LogP contribution in [-0.4, -0.2) is 71.2 Å². The first-order valence-electron chi connectivity index (χ1n) is 9.88. The number of anilines is 2. The number of alkyl halides is 2. The maximum Gasteiger partial charge on any atom is 0.248 e. The van der Waals surface area contributed by atoms with Crippen molar-refractivity contribution < 1.29 is 13.5 Å². The van der Waals surface area contributed by atoms with Crippen LogP contribution in [0, 0.1) is 0 Å². The molecule has 152 valence electrons. The van der Waals surface area contributed by atoms with Crippen molar-refractivity contribution in [2.24, 2.45) is 0 Å². The van der Waals surface area contributed by atoms with Crippen LogP contribution in [0.15, 0.2) is 18.6 Å². The largest absolute Gasteiger partial charge is 0.379 e. The van der Waals surface area contributed by atoms with Gasteiger partial charge < -0.3 is 15.4 Å². The zero-order chi connectivity index (χ0) is 19.4. The second-order valence-electron chi connectivity index (χ2n) is 7.46. The van der Waals surface area contributed by atoms with E-state index in [0.29, 0.717) is 18.7 Å². The fourth-order valence-corrected chi connectivity index (χ4v) is 3.72. The van der Waals surface area contributed by atoms with Gasteiger partial charge >= 0.3 is 0 Å². The van der Waals surface area contributed by atoms with Gasteiger partial charge in [0.15, 0.2) is 0 Å². The third kappa shape index (κ3) is 4.82. The van der Waals surface area contributed by atoms with Crippen molar-refractivity contribution in [2.45, 2.75) is 37.6 Å². The predicted octanol–water partition coefficient (Wildman–Crippen LogP) is 2.76. The first kappa shape index (κ1) is 19.2. The molecule has 9 heteroatoms. The Morgan fingerprint density at radius 1 is 1.14 bits per heavy atom. The van der Waals surface area contributed by atoms with Crippen LogP contribution in [0.3, 0.4) is 0 Å². The molecule has 28 heavy (non-hydrogen) atoms. The lowest BCUT2D eigenvalue weighted by Gasteiger charge is -2.29. The topological polar surface area (TPSA) is 75.2 Å². The summed E-state index contributed by atoms with van der Waals surface area (Å²) in [7, 11) is 0. The molecule has 1 aliphatic heterocycles. The van der Waals surface area contributed by atoms with Crippen molar-refractivity contribution in [3.8, 4) is 0 Å². The number of nitrogens with zero attached hydrogens (tertiary/aromatic N) is 4. The van der Waals surface area contributed by atoms with E-state index in [1.807, 2.05) is 6.07 Å². The van der Waals surface area contributed by atoms with Gasteiger partial charge in [0, 0.05) is 50.4 Å². The average molecular weight is 392 g/mol. The maximum atomic E-state index is 13.4. The molecule has 0 spiro atoms. The first-order valence-corrected chi connectivity index (χ1v) is 9.88. The summed E-state index contributed by atoms with van der Waals surface area (Å²) in [6.07, 6.45) is 3.92. The highest BCUT2D eigenvalue weighted by atomic mass is 19.3. The molecule has 2 aliphatic rings. The van der Waals surface area contributed by atoms with Crippen LogP contribution in [-0.2, 0) is 4.74 Å². The van der Waals surface area contributed by atoms with Crippen LogP contribution in [0.1, 0.15) is 25.7 Å². The Hall–Kier alpha value is -2.13. The first-order chi connectivity index (χ1) is 13.6. The van der Waals surface area contributed by atoms with Gasteiger partial charge in [0.25, 0.3) is 0 Å². The van der Waals surface area contributed by atoms with Crippen LogP contribution in [0.4, 0.5) is 20.4 Å². The zero-order valence-corrected chi connectivity index (χ0v) is 15.8. The van der Waals surface area contributed by atoms with Gasteiger partial charge in [0.2, 0.25) is 5.92 Å². The number of hydrogen-bond acceptors (Lipinski definition) is 7. The second kappa shape index (κ2) is 8.48. The summed E-state index contributed by atoms with van der Waals surface area (Å²) in [4.78, 5) is 15.4. The quantitative estimate of drug-likeness (QED) is 0.783. The lowest BCUT2D eigenvalue weighted by molar-refractivity contribution is -0.0361. The van der Waals surface area contributed by atoms with E-state index in [1.165, 1.54) is 6.33 Å². The molecular weight excluding hydrogens is 366 g/mol. The summed E-state index contributed by atoms with van der Waals surface area (Å²) in [6.45, 7) is 5.19. The molecule has 0 radical (unpaired) electrons. The van der Waals surface area contributed by atoms with Crippen LogP contribution in [0.25, 0.3) is 10.9 Å². The monoisotopic (exact) mass is 392 g/mol. The number of pyridine rings is 1. The van der Waals surface area contributed by atoms with Crippen LogP contribution < -0.4 is 10.6 Å². The Balaban J connectivity index is 1.40. The van der Waals surface area contributed by atoms with Gasteiger partial charge in [-0.3, -0.25) is 4.90 Å². The zero-order valence-electron chi connectivity index (χ0n) is 15.8. The van der Waals surface area contributed by atoms with Crippen molar-refractivity contribution in [3.05, 3.63) is 18.6 Å². The highest BCUT2D eigenvalue weighted by molar-refractivity contribution is 5.90. The van der Waals surface area contributed by atoms with E-state index in [-0.39, 0.29) is 18.9 Å². The van der Waals surface area contributed by atoms with Gasteiger partial charge in [0.05, 0.1) is 24.9 Å². The Bertz CT molecular complexity index is 789. The minimum absolute atomic E-state index is 0.00335. The van der Waals surface area contributed by atoms with Crippen LogP contribution in [0.5, 0.6) is 0 Å². The summed E-state index contributed by atoms with van der Waals surface area (Å²) < 4.78 is 32.2. The molecule has 2 N–H and O–H groups in total. The van der Waals surface area contributed by atoms with Crippen molar-refractivity contribution in [2.75, 3.05) is 50.0 Å². The molecule has 0 amide bonds. The summed E-state index contributed by atoms with van der Waals surface area (Å²) in [5, 5.41) is 7.53. The fraction of sp³-hybridized carbons (Fsp3) is 0.632. The van der Waals surface area contributed by atoms with Gasteiger partial charge in [-0.25, -0.2) is 23.7 Å². The van der Waals surface area contributed by atoms with Crippen molar-refractivity contribution in [1.82, 2.24) is 19.9 Å². The molecule has 3 heterocycles. The number of morpholine rings is 1. The van der Waals surface area contributed by atoms with E-state index in [9.17, 15) is 8.78 Å². The normalized spacial score (nSPS) is 20.9. The summed E-state index contributed by atoms with van der Waals surface area (Å²) >= 11 is 0. The summed E-state index contributed by atoms with van der Waals surface area (Å²) in [5.41, 5.74) is 0.734. The van der Waals surface area contributed by atoms with E-state index < -0.39 is 5.92 Å². The van der Waals surface area contributed by atoms with Crippen LogP contribution >= 0.6 is 0 Å². The summed E-state index contributed by atoms with van der Waals surface area (Å²) in [6, 6.07) is 1.93. The van der Waals surface area contributed by atoms with Crippen molar-refractivity contribution in [3.63, 3.8) is 0 Å². The highest BCUT2D eigenvalue weighted by Crippen LogP contribution is 2.34. The maximum absolute atomic E-state index is 13.4. The molecule has 2 aromatic heterocycles. The number of hydrogen-bond donors (Lipinski definition) is 2. The number of rotatable bonds is 6. The smallest absolute Gasteiger partial charge is 0.248 e. The van der Waals surface area contributed by atoms with Gasteiger partial charge in [-0.15, -0.1) is 0 Å². The second-order valence-corrected chi connectivity index (χ2v) is 7.46. The standard InChI is InChI=1S/C19H26F2N6O/c20-19(21)3-1-14(2-4-19)26-18-15-11-17(23-12-16(15)24-13-25-18)22-5-6-27-7-9-28-10-8-27/h11-14H,1-10H2,(H,22,23)(H,24,25,26). The Morgan fingerprint density at radius 2 is 1.93 bits per heavy atom. The average Bonchev–Trinajstić information content (AvgIpc) is 2.71. The van der Waals surface area contributed by atoms with Crippen molar-refractivity contribution >= 4 is 22.5 Å². The summed E-state index contributed by atoms with van der Waals surface area (Å²) in [5.74, 6) is -1.10. The number of nitrogens with one attached hydrogen (secondary N) is 2. The molecule has 1 saturated carbocycles. The molecule has 2 fully saturated rings. The molecule has 0 bridgehead atoms. The highest BCUT2D eigenvalue weighted by Gasteiger charge is 2.35. The SMILES string of the molecule is FC1(F)CCC(Nc2ncnc3cnc(NCCN4CCOCC4)cc23)CC1. The van der Waals surface area contributed by atoms with E-state index in [4.69, 9.17) is 4.74 Å². The molecule has 0 unspecified atom stereocenters. The molecular formula is C19H26F2N6O. The molecule has 1 aliphatic carbocycles. The third-order valence-corrected chi connectivity index (χ3v) is 5.42. The lowest BCUT2D eigenvalue weighted by atomic mass is 9.92. The molecule has 2 aromatic rings. The van der Waals surface area contributed by atoms with E-state index in [0.717, 1.165) is 56.1 Å². The number of halogens is 2. The molecule has 4 rings (SSSR count). The Kier molecular flexibility index (Phi) is 5.82. The molecule has 0 aromatic carbocycles. The molecule has 7 nitrogen and oxygen atoms in total. The van der Waals surface area contributed by atoms with Gasteiger partial charge in [-0.1, -0.05) is 0 Å². The lowest BCUT2D eigenvalue weighted by Crippen LogP contribution is -2.39. The van der Waals surface area contributed by atoms with E-state index >= 15 is 0 Å². The Labute approximate surface area is 162 Å². The predicted molar refractivity (Wildman–Crippen MR) is 104 cm³/mol. The van der Waals surface area contributed by atoms with Crippen LogP contribution in [0.2, 0.25) is 0 Å². The number of ether oxygens (including phenoxy) is 1. The van der Waals surface area contributed by atoms with E-state index in [2.05, 4.69) is 30.5 Å². The van der Waals surface area contributed by atoms with E-state index in [1.54, 1.807) is 6.20 Å². The molecule has 1 saturated heterocycles. The van der Waals surface area contributed by atoms with Crippen molar-refractivity contribution in [1.29, 1.82) is 0 Å². The molecule has 0 atom stereocenters. The minimum Gasteiger partial charge on any atom is -0.379 e. The number of fused-ring (bicyclic) bond motifs is 1. The Morgan fingerprint density at radius 3 is 2.71 bits per heavy atom. The van der Waals surface area contributed by atoms with Gasteiger partial charge in [-0.05, 0) is 18.9 Å². The number of aromatic nitrogens is 3. The van der Waals surface area contributed by atoms with Gasteiger partial charge in [-0.2, -0.15) is 0 Å². The third-order valence-electron chi connectivity index (χ3n) is 5.42. The minimum atomic E-state index is -2.53.